The second-order valence-electron chi connectivity index (χ2n) is 7.33. The second-order valence-corrected chi connectivity index (χ2v) is 7.33. The first-order valence-corrected chi connectivity index (χ1v) is 9.83. The fourth-order valence-corrected chi connectivity index (χ4v) is 4.20. The van der Waals surface area contributed by atoms with Crippen molar-refractivity contribution in [2.75, 3.05) is 12.0 Å². The molecular weight excluding hydrogens is 376 g/mol. The van der Waals surface area contributed by atoms with Crippen LogP contribution in [0.25, 0.3) is 16.6 Å². The van der Waals surface area contributed by atoms with E-state index in [2.05, 4.69) is 6.07 Å². The minimum atomic E-state index is -0.542. The number of hydrogen-bond acceptors (Lipinski definition) is 3. The Bertz CT molecular complexity index is 1240. The Morgan fingerprint density at radius 1 is 0.900 bits per heavy atom. The van der Waals surface area contributed by atoms with Crippen LogP contribution in [-0.2, 0) is 9.59 Å². The number of rotatable bonds is 4. The van der Waals surface area contributed by atoms with E-state index in [1.165, 1.54) is 4.90 Å². The van der Waals surface area contributed by atoms with Crippen molar-refractivity contribution in [3.63, 3.8) is 0 Å². The Morgan fingerprint density at radius 3 is 2.37 bits per heavy atom. The summed E-state index contributed by atoms with van der Waals surface area (Å²) in [7, 11) is 1.58. The zero-order chi connectivity index (χ0) is 20.7. The maximum atomic E-state index is 13.5. The van der Waals surface area contributed by atoms with E-state index in [1.807, 2.05) is 59.1 Å². The number of amides is 2. The van der Waals surface area contributed by atoms with Crippen LogP contribution >= 0.6 is 0 Å². The van der Waals surface area contributed by atoms with E-state index in [0.29, 0.717) is 11.4 Å². The predicted molar refractivity (Wildman–Crippen MR) is 116 cm³/mol. The first-order chi connectivity index (χ1) is 14.7. The Kier molecular flexibility index (Phi) is 4.36. The van der Waals surface area contributed by atoms with Crippen molar-refractivity contribution < 1.29 is 14.3 Å². The molecule has 0 aliphatic carbocycles. The highest BCUT2D eigenvalue weighted by atomic mass is 16.5. The van der Waals surface area contributed by atoms with Gasteiger partial charge in [-0.25, -0.2) is 4.90 Å². The van der Waals surface area contributed by atoms with Crippen molar-refractivity contribution in [2.45, 2.75) is 12.3 Å². The van der Waals surface area contributed by atoms with Crippen molar-refractivity contribution in [3.05, 3.63) is 90.8 Å². The highest BCUT2D eigenvalue weighted by Gasteiger charge is 2.42. The highest BCUT2D eigenvalue weighted by Crippen LogP contribution is 2.40. The normalized spacial score (nSPS) is 16.4. The maximum absolute atomic E-state index is 13.5. The molecule has 0 bridgehead atoms. The van der Waals surface area contributed by atoms with Gasteiger partial charge in [-0.05, 0) is 48.0 Å². The highest BCUT2D eigenvalue weighted by molar-refractivity contribution is 6.23. The predicted octanol–water partition coefficient (Wildman–Crippen LogP) is 4.66. The maximum Gasteiger partial charge on any atom is 0.243 e. The molecule has 5 heteroatoms. The van der Waals surface area contributed by atoms with Crippen molar-refractivity contribution in [1.29, 1.82) is 0 Å². The van der Waals surface area contributed by atoms with Gasteiger partial charge in [0.05, 0.1) is 18.7 Å². The van der Waals surface area contributed by atoms with Crippen LogP contribution < -0.4 is 9.64 Å². The number of nitrogens with zero attached hydrogens (tertiary/aromatic N) is 2. The van der Waals surface area contributed by atoms with Gasteiger partial charge in [0.25, 0.3) is 0 Å². The monoisotopic (exact) mass is 396 g/mol. The van der Waals surface area contributed by atoms with Crippen LogP contribution in [0.4, 0.5) is 5.69 Å². The number of methoxy groups -OCH3 is 1. The van der Waals surface area contributed by atoms with Gasteiger partial charge in [0.1, 0.15) is 5.75 Å². The van der Waals surface area contributed by atoms with E-state index in [4.69, 9.17) is 4.74 Å². The molecule has 0 N–H and O–H groups in total. The zero-order valence-corrected chi connectivity index (χ0v) is 16.5. The minimum Gasteiger partial charge on any atom is -0.497 e. The summed E-state index contributed by atoms with van der Waals surface area (Å²) in [5, 5.41) is 0. The molecule has 30 heavy (non-hydrogen) atoms. The molecule has 148 valence electrons. The number of ether oxygens (including phenoxy) is 1. The standard InChI is InChI=1S/C25H20N2O3/c1-30-20-12-10-18(11-13-20)27-23(28)16-22(25(27)29)24-21(17-7-3-2-4-8-17)15-19-9-5-6-14-26(19)24/h2-15,22H,16H2,1H3/t22-/m0/s1. The fourth-order valence-electron chi connectivity index (χ4n) is 4.20. The van der Waals surface area contributed by atoms with Crippen LogP contribution in [0.2, 0.25) is 0 Å². The van der Waals surface area contributed by atoms with E-state index in [1.54, 1.807) is 31.4 Å². The van der Waals surface area contributed by atoms with Gasteiger partial charge in [0, 0.05) is 29.4 Å². The molecule has 2 aromatic carbocycles. The molecule has 3 heterocycles. The smallest absolute Gasteiger partial charge is 0.243 e. The molecule has 1 fully saturated rings. The van der Waals surface area contributed by atoms with E-state index >= 15 is 0 Å². The molecule has 5 rings (SSSR count). The van der Waals surface area contributed by atoms with Crippen molar-refractivity contribution in [1.82, 2.24) is 4.40 Å². The number of imide groups is 1. The lowest BCUT2D eigenvalue weighted by molar-refractivity contribution is -0.121. The summed E-state index contributed by atoms with van der Waals surface area (Å²) in [6.07, 6.45) is 2.09. The van der Waals surface area contributed by atoms with Gasteiger partial charge in [-0.1, -0.05) is 36.4 Å². The molecule has 0 unspecified atom stereocenters. The topological polar surface area (TPSA) is 51.0 Å². The SMILES string of the molecule is COc1ccc(N2C(=O)C[C@@H](c3c(-c4ccccc4)cc4ccccn34)C2=O)cc1. The van der Waals surface area contributed by atoms with Crippen LogP contribution in [0, 0.1) is 0 Å². The number of aromatic nitrogens is 1. The lowest BCUT2D eigenvalue weighted by atomic mass is 9.96. The average molecular weight is 396 g/mol. The van der Waals surface area contributed by atoms with Crippen molar-refractivity contribution in [3.8, 4) is 16.9 Å². The van der Waals surface area contributed by atoms with Crippen LogP contribution in [0.15, 0.2) is 85.1 Å². The molecule has 2 amide bonds. The summed E-state index contributed by atoms with van der Waals surface area (Å²) in [5.74, 6) is -0.260. The minimum absolute atomic E-state index is 0.145. The second kappa shape index (κ2) is 7.19. The summed E-state index contributed by atoms with van der Waals surface area (Å²) < 4.78 is 7.21. The summed E-state index contributed by atoms with van der Waals surface area (Å²) in [4.78, 5) is 27.6. The van der Waals surface area contributed by atoms with E-state index in [0.717, 1.165) is 22.3 Å². The molecule has 0 spiro atoms. The quantitative estimate of drug-likeness (QED) is 0.472. The Balaban J connectivity index is 1.62. The molecule has 4 aromatic rings. The molecule has 1 aliphatic rings. The molecule has 1 saturated heterocycles. The third-order valence-electron chi connectivity index (χ3n) is 5.61. The van der Waals surface area contributed by atoms with Gasteiger partial charge < -0.3 is 9.14 Å². The van der Waals surface area contributed by atoms with Gasteiger partial charge in [-0.3, -0.25) is 9.59 Å². The van der Waals surface area contributed by atoms with Gasteiger partial charge in [0.2, 0.25) is 11.8 Å². The summed E-state index contributed by atoms with van der Waals surface area (Å²) in [5.41, 5.74) is 4.42. The lowest BCUT2D eigenvalue weighted by Gasteiger charge is -2.16. The van der Waals surface area contributed by atoms with Gasteiger partial charge in [-0.2, -0.15) is 0 Å². The molecular formula is C25H20N2O3. The van der Waals surface area contributed by atoms with Crippen LogP contribution in [0.1, 0.15) is 18.0 Å². The first kappa shape index (κ1) is 18.2. The molecule has 0 radical (unpaired) electrons. The largest absolute Gasteiger partial charge is 0.497 e. The Hall–Kier alpha value is -3.86. The molecule has 0 saturated carbocycles. The summed E-state index contributed by atoms with van der Waals surface area (Å²) in [6, 6.07) is 25.0. The van der Waals surface area contributed by atoms with Crippen LogP contribution in [0.5, 0.6) is 5.75 Å². The van der Waals surface area contributed by atoms with E-state index in [9.17, 15) is 9.59 Å². The van der Waals surface area contributed by atoms with Crippen molar-refractivity contribution in [2.24, 2.45) is 0 Å². The van der Waals surface area contributed by atoms with Crippen molar-refractivity contribution >= 4 is 23.0 Å². The van der Waals surface area contributed by atoms with Gasteiger partial charge >= 0.3 is 0 Å². The zero-order valence-electron chi connectivity index (χ0n) is 16.5. The Morgan fingerprint density at radius 2 is 1.63 bits per heavy atom. The number of benzene rings is 2. The third-order valence-corrected chi connectivity index (χ3v) is 5.61. The Labute approximate surface area is 174 Å². The molecule has 2 aromatic heterocycles. The summed E-state index contributed by atoms with van der Waals surface area (Å²) >= 11 is 0. The number of hydrogen-bond donors (Lipinski definition) is 0. The van der Waals surface area contributed by atoms with E-state index < -0.39 is 5.92 Å². The molecule has 1 atom stereocenters. The fraction of sp³-hybridized carbons (Fsp3) is 0.120. The number of carbonyl (C=O) groups is 2. The van der Waals surface area contributed by atoms with Crippen LogP contribution in [-0.4, -0.2) is 23.3 Å². The molecule has 5 nitrogen and oxygen atoms in total. The number of pyridine rings is 1. The average Bonchev–Trinajstić information content (AvgIpc) is 3.31. The molecule has 1 aliphatic heterocycles. The van der Waals surface area contributed by atoms with E-state index in [-0.39, 0.29) is 18.2 Å². The number of fused-ring (bicyclic) bond motifs is 1. The lowest BCUT2D eigenvalue weighted by Crippen LogP contribution is -2.30. The first-order valence-electron chi connectivity index (χ1n) is 9.83. The van der Waals surface area contributed by atoms with Gasteiger partial charge in [-0.15, -0.1) is 0 Å². The number of anilines is 1. The summed E-state index contributed by atoms with van der Waals surface area (Å²) in [6.45, 7) is 0. The van der Waals surface area contributed by atoms with Crippen LogP contribution in [0.3, 0.4) is 0 Å². The third kappa shape index (κ3) is 2.87. The number of carbonyl (C=O) groups excluding carboxylic acids is 2. The van der Waals surface area contributed by atoms with Gasteiger partial charge in [0.15, 0.2) is 0 Å².